The van der Waals surface area contributed by atoms with Gasteiger partial charge in [-0.3, -0.25) is 4.79 Å². The molecule has 0 bridgehead atoms. The van der Waals surface area contributed by atoms with Gasteiger partial charge < -0.3 is 15.4 Å². The molecule has 0 saturated heterocycles. The smallest absolute Gasteiger partial charge is 0.405 e. The van der Waals surface area contributed by atoms with Crippen LogP contribution in [0.3, 0.4) is 0 Å². The highest BCUT2D eigenvalue weighted by atomic mass is 19.4. The number of hydrogen-bond donors (Lipinski definition) is 2. The summed E-state index contributed by atoms with van der Waals surface area (Å²) in [6.07, 6.45) is -4.52. The van der Waals surface area contributed by atoms with E-state index in [1.807, 2.05) is 0 Å². The Bertz CT molecular complexity index is 532. The topological polar surface area (TPSA) is 67.4 Å². The Hall–Kier alpha value is -2.32. The lowest BCUT2D eigenvalue weighted by atomic mass is 10.2. The van der Waals surface area contributed by atoms with Gasteiger partial charge in [0.25, 0.3) is 0 Å². The number of ether oxygens (including phenoxy) is 1. The Kier molecular flexibility index (Phi) is 5.51. The summed E-state index contributed by atoms with van der Waals surface area (Å²) >= 11 is 0. The Balaban J connectivity index is 2.62. The molecule has 21 heavy (non-hydrogen) atoms. The number of alkyl halides is 3. The fourth-order valence-corrected chi connectivity index (χ4v) is 1.34. The number of carbonyl (C=O) groups excluding carboxylic acids is 2. The average Bonchev–Trinajstić information content (AvgIpc) is 2.42. The number of esters is 1. The number of hydrogen-bond acceptors (Lipinski definition) is 4. The molecule has 0 aliphatic carbocycles. The monoisotopic (exact) mass is 308 g/mol. The second-order valence-electron chi connectivity index (χ2n) is 3.93. The van der Waals surface area contributed by atoms with Crippen LogP contribution in [-0.4, -0.2) is 38.3 Å². The van der Waals surface area contributed by atoms with Gasteiger partial charge in [-0.25, -0.2) is 9.18 Å². The molecule has 116 valence electrons. The number of anilines is 1. The Morgan fingerprint density at radius 2 is 1.95 bits per heavy atom. The summed E-state index contributed by atoms with van der Waals surface area (Å²) in [7, 11) is 1.14. The van der Waals surface area contributed by atoms with Crippen LogP contribution in [0.25, 0.3) is 0 Å². The highest BCUT2D eigenvalue weighted by Gasteiger charge is 2.27. The maximum atomic E-state index is 13.4. The summed E-state index contributed by atoms with van der Waals surface area (Å²) in [4.78, 5) is 22.4. The second kappa shape index (κ2) is 6.91. The standard InChI is InChI=1S/C12H12F4N2O3/c1-21-11(20)7-2-3-8(13)9(4-7)17-5-10(19)18-6-12(14,15)16/h2-4,17H,5-6H2,1H3,(H,18,19). The van der Waals surface area contributed by atoms with Gasteiger partial charge >= 0.3 is 12.1 Å². The minimum atomic E-state index is -4.52. The van der Waals surface area contributed by atoms with Crippen LogP contribution >= 0.6 is 0 Å². The first-order valence-corrected chi connectivity index (χ1v) is 5.68. The van der Waals surface area contributed by atoms with Crippen molar-refractivity contribution in [1.29, 1.82) is 0 Å². The Morgan fingerprint density at radius 1 is 1.29 bits per heavy atom. The number of halogens is 4. The van der Waals surface area contributed by atoms with Gasteiger partial charge in [0.2, 0.25) is 5.91 Å². The first-order chi connectivity index (χ1) is 9.73. The third-order valence-electron chi connectivity index (χ3n) is 2.31. The van der Waals surface area contributed by atoms with Gasteiger partial charge in [-0.2, -0.15) is 13.2 Å². The van der Waals surface area contributed by atoms with Crippen molar-refractivity contribution in [3.8, 4) is 0 Å². The third kappa shape index (κ3) is 5.67. The van der Waals surface area contributed by atoms with Crippen molar-refractivity contribution in [3.05, 3.63) is 29.6 Å². The van der Waals surface area contributed by atoms with E-state index in [9.17, 15) is 27.2 Å². The van der Waals surface area contributed by atoms with E-state index in [-0.39, 0.29) is 11.3 Å². The van der Waals surface area contributed by atoms with E-state index in [1.165, 1.54) is 6.07 Å². The Labute approximate surface area is 117 Å². The fourth-order valence-electron chi connectivity index (χ4n) is 1.34. The van der Waals surface area contributed by atoms with Gasteiger partial charge in [-0.05, 0) is 18.2 Å². The van der Waals surface area contributed by atoms with Crippen LogP contribution in [0.15, 0.2) is 18.2 Å². The first-order valence-electron chi connectivity index (χ1n) is 5.68. The molecule has 0 spiro atoms. The van der Waals surface area contributed by atoms with Crippen LogP contribution in [0.4, 0.5) is 23.2 Å². The van der Waals surface area contributed by atoms with Crippen LogP contribution in [0.1, 0.15) is 10.4 Å². The molecule has 0 radical (unpaired) electrons. The van der Waals surface area contributed by atoms with Crippen molar-refractivity contribution in [2.45, 2.75) is 6.18 Å². The molecule has 1 rings (SSSR count). The van der Waals surface area contributed by atoms with Crippen molar-refractivity contribution in [3.63, 3.8) is 0 Å². The van der Waals surface area contributed by atoms with Crippen LogP contribution in [0.5, 0.6) is 0 Å². The molecule has 0 unspecified atom stereocenters. The molecule has 0 aliphatic heterocycles. The van der Waals surface area contributed by atoms with Gasteiger partial charge in [0.1, 0.15) is 12.4 Å². The lowest BCUT2D eigenvalue weighted by molar-refractivity contribution is -0.137. The van der Waals surface area contributed by atoms with Crippen molar-refractivity contribution < 1.29 is 31.9 Å². The van der Waals surface area contributed by atoms with Crippen LogP contribution < -0.4 is 10.6 Å². The van der Waals surface area contributed by atoms with Crippen LogP contribution in [-0.2, 0) is 9.53 Å². The first kappa shape index (κ1) is 16.7. The van der Waals surface area contributed by atoms with Crippen molar-refractivity contribution in [2.75, 3.05) is 25.5 Å². The lowest BCUT2D eigenvalue weighted by Crippen LogP contribution is -2.37. The summed E-state index contributed by atoms with van der Waals surface area (Å²) in [5, 5.41) is 3.93. The molecular weight excluding hydrogens is 296 g/mol. The number of carbonyl (C=O) groups is 2. The third-order valence-corrected chi connectivity index (χ3v) is 2.31. The van der Waals surface area contributed by atoms with E-state index >= 15 is 0 Å². The SMILES string of the molecule is COC(=O)c1ccc(F)c(NCC(=O)NCC(F)(F)F)c1. The zero-order valence-corrected chi connectivity index (χ0v) is 10.9. The van der Waals surface area contributed by atoms with E-state index in [0.717, 1.165) is 19.2 Å². The molecule has 0 heterocycles. The van der Waals surface area contributed by atoms with Crippen molar-refractivity contribution in [2.24, 2.45) is 0 Å². The number of amides is 1. The van der Waals surface area contributed by atoms with Crippen molar-refractivity contribution >= 4 is 17.6 Å². The van der Waals surface area contributed by atoms with Gasteiger partial charge in [0.05, 0.1) is 24.9 Å². The summed E-state index contributed by atoms with van der Waals surface area (Å²) < 4.78 is 53.5. The number of nitrogens with one attached hydrogen (secondary N) is 2. The lowest BCUT2D eigenvalue weighted by Gasteiger charge is -2.11. The quantitative estimate of drug-likeness (QED) is 0.642. The molecular formula is C12H12F4N2O3. The number of rotatable bonds is 5. The van der Waals surface area contributed by atoms with E-state index in [2.05, 4.69) is 10.1 Å². The van der Waals surface area contributed by atoms with Crippen LogP contribution in [0, 0.1) is 5.82 Å². The summed E-state index contributed by atoms with van der Waals surface area (Å²) in [5.41, 5.74) is -0.155. The number of benzene rings is 1. The Morgan fingerprint density at radius 3 is 2.52 bits per heavy atom. The minimum absolute atomic E-state index is 0.0390. The summed E-state index contributed by atoms with van der Waals surface area (Å²) in [6, 6.07) is 3.25. The normalized spacial score (nSPS) is 10.9. The van der Waals surface area contributed by atoms with Crippen molar-refractivity contribution in [1.82, 2.24) is 5.32 Å². The zero-order chi connectivity index (χ0) is 16.0. The fraction of sp³-hybridized carbons (Fsp3) is 0.333. The molecule has 1 aromatic rings. The predicted molar refractivity (Wildman–Crippen MR) is 65.3 cm³/mol. The molecule has 0 aromatic heterocycles. The minimum Gasteiger partial charge on any atom is -0.465 e. The zero-order valence-electron chi connectivity index (χ0n) is 10.9. The highest BCUT2D eigenvalue weighted by molar-refractivity contribution is 5.90. The van der Waals surface area contributed by atoms with Crippen LogP contribution in [0.2, 0.25) is 0 Å². The summed E-state index contributed by atoms with van der Waals surface area (Å²) in [5.74, 6) is -2.43. The maximum Gasteiger partial charge on any atom is 0.405 e. The van der Waals surface area contributed by atoms with E-state index in [4.69, 9.17) is 0 Å². The molecule has 0 saturated carbocycles. The predicted octanol–water partition coefficient (Wildman–Crippen LogP) is 1.70. The molecule has 0 fully saturated rings. The summed E-state index contributed by atoms with van der Waals surface area (Å²) in [6.45, 7) is -2.05. The van der Waals surface area contributed by atoms with Gasteiger partial charge in [0.15, 0.2) is 0 Å². The second-order valence-corrected chi connectivity index (χ2v) is 3.93. The van der Waals surface area contributed by atoms with E-state index in [1.54, 1.807) is 5.32 Å². The maximum absolute atomic E-state index is 13.4. The van der Waals surface area contributed by atoms with Gasteiger partial charge in [-0.15, -0.1) is 0 Å². The molecule has 0 aliphatic rings. The van der Waals surface area contributed by atoms with E-state index in [0.29, 0.717) is 0 Å². The molecule has 0 atom stereocenters. The van der Waals surface area contributed by atoms with Gasteiger partial charge in [0, 0.05) is 0 Å². The number of methoxy groups -OCH3 is 1. The van der Waals surface area contributed by atoms with E-state index < -0.39 is 37.0 Å². The molecule has 1 aromatic carbocycles. The van der Waals surface area contributed by atoms with Gasteiger partial charge in [-0.1, -0.05) is 0 Å². The largest absolute Gasteiger partial charge is 0.465 e. The molecule has 1 amide bonds. The molecule has 2 N–H and O–H groups in total. The average molecular weight is 308 g/mol. The molecule has 5 nitrogen and oxygen atoms in total. The highest BCUT2D eigenvalue weighted by Crippen LogP contribution is 2.16. The molecule has 9 heteroatoms.